The third-order valence-corrected chi connectivity index (χ3v) is 16.0. The number of rotatable bonds is 26. The molecule has 0 unspecified atom stereocenters. The molecule has 10 rings (SSSR count). The standard InChI is InChI=1S/2C29H32FN6O6P/c2*1-19(2)15-39-29(37)23(13-20-9-5-3-6-10-20)35-43(38,42-21-11-7-4-8-12-21)18-40-24-14-22(30)28(41-24)36-17-34-25-26(31)32-16-33-27(25)36/h2*3-12,14,16-17,19,23-24,28H,13,15,18H2,1-2H3,(H,35,38)(H2,31,32,33)/t23-,24-,28+,43+;23-,24-,28+,43-/m00/s1. The van der Waals surface area contributed by atoms with Gasteiger partial charge in [0, 0.05) is 12.2 Å². The molecule has 0 radical (unpaired) electrons. The Morgan fingerprint density at radius 3 is 1.28 bits per heavy atom. The monoisotopic (exact) mass is 1220 g/mol. The molecule has 6 heterocycles. The first kappa shape index (κ1) is 62.2. The molecule has 24 nitrogen and oxygen atoms in total. The van der Waals surface area contributed by atoms with E-state index in [4.69, 9.17) is 48.9 Å². The van der Waals surface area contributed by atoms with Gasteiger partial charge in [0.2, 0.25) is 0 Å². The van der Waals surface area contributed by atoms with Crippen molar-refractivity contribution in [2.24, 2.45) is 11.8 Å². The molecule has 0 saturated carbocycles. The van der Waals surface area contributed by atoms with Crippen molar-refractivity contribution in [2.45, 2.75) is 77.7 Å². The maximum absolute atomic E-state index is 15.1. The Labute approximate surface area is 493 Å². The highest BCUT2D eigenvalue weighted by molar-refractivity contribution is 7.57. The lowest BCUT2D eigenvalue weighted by molar-refractivity contribution is -0.147. The van der Waals surface area contributed by atoms with E-state index in [0.29, 0.717) is 11.0 Å². The summed E-state index contributed by atoms with van der Waals surface area (Å²) >= 11 is 0. The fraction of sp³-hybridized carbons (Fsp3) is 0.310. The van der Waals surface area contributed by atoms with Crippen LogP contribution in [0.1, 0.15) is 51.3 Å². The molecule has 8 atom stereocenters. The van der Waals surface area contributed by atoms with Gasteiger partial charge in [0.25, 0.3) is 0 Å². The maximum atomic E-state index is 15.1. The van der Waals surface area contributed by atoms with Crippen molar-refractivity contribution in [3.05, 3.63) is 182 Å². The van der Waals surface area contributed by atoms with Gasteiger partial charge in [0.1, 0.15) is 47.3 Å². The van der Waals surface area contributed by atoms with Crippen LogP contribution in [0.2, 0.25) is 0 Å². The van der Waals surface area contributed by atoms with E-state index in [0.717, 1.165) is 23.3 Å². The molecule has 0 amide bonds. The van der Waals surface area contributed by atoms with E-state index in [-0.39, 0.29) is 72.3 Å². The normalized spacial score (nSPS) is 18.7. The van der Waals surface area contributed by atoms with E-state index in [1.165, 1.54) is 34.4 Å². The van der Waals surface area contributed by atoms with E-state index in [1.54, 1.807) is 60.7 Å². The molecular weight excluding hydrogens is 1160 g/mol. The number of nitrogens with one attached hydrogen (secondary N) is 2. The van der Waals surface area contributed by atoms with Crippen LogP contribution < -0.4 is 30.7 Å². The van der Waals surface area contributed by atoms with E-state index in [9.17, 15) is 18.7 Å². The average molecular weight is 1220 g/mol. The fourth-order valence-electron chi connectivity index (χ4n) is 8.61. The zero-order chi connectivity index (χ0) is 60.8. The number of aromatic nitrogens is 8. The van der Waals surface area contributed by atoms with Crippen LogP contribution in [-0.2, 0) is 60.0 Å². The second-order valence-electron chi connectivity index (χ2n) is 20.5. The van der Waals surface area contributed by atoms with Crippen LogP contribution >= 0.6 is 15.0 Å². The van der Waals surface area contributed by atoms with Gasteiger partial charge in [0.15, 0.2) is 72.3 Å². The van der Waals surface area contributed by atoms with E-state index >= 15 is 8.78 Å². The number of nitrogens with zero attached hydrogens (tertiary/aromatic N) is 8. The van der Waals surface area contributed by atoms with Gasteiger partial charge in [-0.25, -0.2) is 48.9 Å². The Balaban J connectivity index is 0.000000205. The number of anilines is 2. The van der Waals surface area contributed by atoms with Gasteiger partial charge in [-0.2, -0.15) is 0 Å². The number of esters is 2. The van der Waals surface area contributed by atoms with E-state index < -0.39 is 88.4 Å². The summed E-state index contributed by atoms with van der Waals surface area (Å²) in [7, 11) is -7.99. The van der Waals surface area contributed by atoms with Crippen LogP contribution in [0.3, 0.4) is 0 Å². The molecule has 4 aromatic carbocycles. The van der Waals surface area contributed by atoms with Gasteiger partial charge < -0.3 is 48.9 Å². The molecule has 0 bridgehead atoms. The Morgan fingerprint density at radius 1 is 0.558 bits per heavy atom. The van der Waals surface area contributed by atoms with Crippen LogP contribution in [0.5, 0.6) is 11.5 Å². The number of ether oxygens (including phenoxy) is 6. The van der Waals surface area contributed by atoms with Gasteiger partial charge >= 0.3 is 27.0 Å². The van der Waals surface area contributed by atoms with Crippen LogP contribution in [-0.4, -0.2) is 102 Å². The van der Waals surface area contributed by atoms with Crippen LogP contribution in [0, 0.1) is 11.8 Å². The molecule has 452 valence electrons. The number of benzene rings is 4. The number of para-hydroxylation sites is 2. The number of nitrogen functional groups attached to an aromatic ring is 2. The number of hydrogen-bond donors (Lipinski definition) is 4. The molecular formula is C58H64F2N12O12P2. The molecule has 4 aromatic heterocycles. The highest BCUT2D eigenvalue weighted by atomic mass is 31.2. The van der Waals surface area contributed by atoms with Gasteiger partial charge in [-0.1, -0.05) is 125 Å². The van der Waals surface area contributed by atoms with Crippen molar-refractivity contribution in [1.29, 1.82) is 0 Å². The second kappa shape index (κ2) is 28.7. The average Bonchev–Trinajstić information content (AvgIpc) is 1.99. The zero-order valence-electron chi connectivity index (χ0n) is 47.2. The molecule has 0 saturated heterocycles. The van der Waals surface area contributed by atoms with Crippen LogP contribution in [0.15, 0.2) is 170 Å². The smallest absolute Gasteiger partial charge is 0.342 e. The summed E-state index contributed by atoms with van der Waals surface area (Å²) in [5.74, 6) is -1.49. The highest BCUT2D eigenvalue weighted by Gasteiger charge is 2.40. The SMILES string of the molecule is CC(C)COC(=O)[C@H](Cc1ccccc1)N[P@@](=O)(CO[C@@H]1C=C(F)[C@H](n2cnc3c(N)ncnc32)O1)Oc1ccccc1.CC(C)COC(=O)[C@H](Cc1ccccc1)N[P@](=O)(CO[C@@H]1C=C(F)[C@H](n2cnc3c(N)ncnc32)O1)Oc1ccccc1. The third kappa shape index (κ3) is 16.6. The van der Waals surface area contributed by atoms with Crippen molar-refractivity contribution in [1.82, 2.24) is 49.2 Å². The van der Waals surface area contributed by atoms with Crippen molar-refractivity contribution < 1.29 is 65.0 Å². The Hall–Kier alpha value is -8.32. The minimum atomic E-state index is -3.99. The topological polar surface area (TPSA) is 305 Å². The Kier molecular flexibility index (Phi) is 20.8. The van der Waals surface area contributed by atoms with Crippen molar-refractivity contribution in [3.63, 3.8) is 0 Å². The number of hydrogen-bond acceptors (Lipinski definition) is 20. The van der Waals surface area contributed by atoms with Gasteiger partial charge in [-0.3, -0.25) is 27.9 Å². The summed E-state index contributed by atoms with van der Waals surface area (Å²) < 4.78 is 107. The predicted octanol–water partition coefficient (Wildman–Crippen LogP) is 9.53. The van der Waals surface area contributed by atoms with Crippen molar-refractivity contribution in [3.8, 4) is 11.5 Å². The van der Waals surface area contributed by atoms with Crippen molar-refractivity contribution in [2.75, 3.05) is 37.4 Å². The van der Waals surface area contributed by atoms with E-state index in [1.807, 2.05) is 88.4 Å². The first-order chi connectivity index (χ1) is 41.4. The lowest BCUT2D eigenvalue weighted by Crippen LogP contribution is -2.40. The molecule has 86 heavy (non-hydrogen) atoms. The first-order valence-corrected chi connectivity index (χ1v) is 30.8. The number of fused-ring (bicyclic) bond motifs is 2. The number of halogens is 2. The summed E-state index contributed by atoms with van der Waals surface area (Å²) in [4.78, 5) is 50.7. The molecule has 2 aliphatic rings. The van der Waals surface area contributed by atoms with Crippen molar-refractivity contribution >= 4 is 60.9 Å². The molecule has 6 N–H and O–H groups in total. The Bertz CT molecular complexity index is 3480. The minimum absolute atomic E-state index is 0.0988. The summed E-state index contributed by atoms with van der Waals surface area (Å²) in [6.45, 7) is 8.04. The van der Waals surface area contributed by atoms with Crippen LogP contribution in [0.4, 0.5) is 20.4 Å². The predicted molar refractivity (Wildman–Crippen MR) is 313 cm³/mol. The number of carbonyl (C=O) groups excluding carboxylic acids is 2. The van der Waals surface area contributed by atoms with Gasteiger partial charge in [-0.05, 0) is 60.1 Å². The lowest BCUT2D eigenvalue weighted by atomic mass is 10.1. The van der Waals surface area contributed by atoms with Gasteiger partial charge in [-0.15, -0.1) is 0 Å². The summed E-state index contributed by atoms with van der Waals surface area (Å²) in [6.07, 6.45) is 1.60. The molecule has 0 fully saturated rings. The maximum Gasteiger partial charge on any atom is 0.342 e. The summed E-state index contributed by atoms with van der Waals surface area (Å²) in [5, 5.41) is 5.75. The molecule has 2 aliphatic heterocycles. The summed E-state index contributed by atoms with van der Waals surface area (Å²) in [6, 6.07) is 33.3. The summed E-state index contributed by atoms with van der Waals surface area (Å²) in [5.41, 5.74) is 14.5. The first-order valence-electron chi connectivity index (χ1n) is 27.2. The third-order valence-electron chi connectivity index (χ3n) is 12.6. The molecule has 0 spiro atoms. The molecule has 28 heteroatoms. The number of carbonyl (C=O) groups is 2. The highest BCUT2D eigenvalue weighted by Crippen LogP contribution is 2.47. The largest absolute Gasteiger partial charge is 0.464 e. The number of nitrogens with two attached hydrogens (primary N) is 2. The molecule has 8 aromatic rings. The Morgan fingerprint density at radius 2 is 0.919 bits per heavy atom. The van der Waals surface area contributed by atoms with Gasteiger partial charge in [0.05, 0.1) is 25.9 Å². The second-order valence-corrected chi connectivity index (χ2v) is 24.6. The molecule has 0 aliphatic carbocycles. The zero-order valence-corrected chi connectivity index (χ0v) is 48.9. The fourth-order valence-corrected chi connectivity index (χ4v) is 11.9. The van der Waals surface area contributed by atoms with E-state index in [2.05, 4.69) is 40.1 Å². The minimum Gasteiger partial charge on any atom is -0.464 e. The van der Waals surface area contributed by atoms with Crippen LogP contribution in [0.25, 0.3) is 22.3 Å². The number of imidazole rings is 2. The lowest BCUT2D eigenvalue weighted by Gasteiger charge is -2.26. The quantitative estimate of drug-likeness (QED) is 0.0290.